The summed E-state index contributed by atoms with van der Waals surface area (Å²) in [6.07, 6.45) is 1.13. The summed E-state index contributed by atoms with van der Waals surface area (Å²) < 4.78 is 28.2. The largest absolute Gasteiger partial charge is 0.492 e. The van der Waals surface area contributed by atoms with Crippen LogP contribution >= 0.6 is 0 Å². The highest BCUT2D eigenvalue weighted by atomic mass is 32.2. The van der Waals surface area contributed by atoms with Crippen LogP contribution in [0.3, 0.4) is 0 Å². The summed E-state index contributed by atoms with van der Waals surface area (Å²) in [6, 6.07) is 5.63. The molecule has 0 amide bonds. The highest BCUT2D eigenvalue weighted by Gasteiger charge is 2.16. The van der Waals surface area contributed by atoms with Crippen molar-refractivity contribution in [2.75, 3.05) is 26.5 Å². The monoisotopic (exact) mass is 301 g/mol. The summed E-state index contributed by atoms with van der Waals surface area (Å²) in [5.41, 5.74) is 0. The van der Waals surface area contributed by atoms with Gasteiger partial charge in [-0.2, -0.15) is 0 Å². The number of likely N-dealkylation sites (N-methyl/N-ethyl adjacent to an activating group) is 1. The van der Waals surface area contributed by atoms with E-state index in [1.807, 2.05) is 0 Å². The number of ether oxygens (including phenoxy) is 1. The minimum atomic E-state index is -3.26. The lowest BCUT2D eigenvalue weighted by atomic mass is 10.3. The van der Waals surface area contributed by atoms with Crippen molar-refractivity contribution in [3.8, 4) is 5.75 Å². The third-order valence-electron chi connectivity index (χ3n) is 2.96. The van der Waals surface area contributed by atoms with Gasteiger partial charge in [-0.25, -0.2) is 8.42 Å². The van der Waals surface area contributed by atoms with Crippen LogP contribution in [0.4, 0.5) is 0 Å². The second-order valence-electron chi connectivity index (χ2n) is 4.59. The van der Waals surface area contributed by atoms with E-state index in [0.29, 0.717) is 12.3 Å². The molecule has 7 heteroatoms. The molecule has 1 rings (SSSR count). The summed E-state index contributed by atoms with van der Waals surface area (Å²) in [4.78, 5) is 12.6. The van der Waals surface area contributed by atoms with Gasteiger partial charge in [-0.05, 0) is 32.2 Å². The predicted molar refractivity (Wildman–Crippen MR) is 74.8 cm³/mol. The third-order valence-corrected chi connectivity index (χ3v) is 4.08. The number of sulfone groups is 1. The highest BCUT2D eigenvalue weighted by molar-refractivity contribution is 7.90. The van der Waals surface area contributed by atoms with Gasteiger partial charge in [0, 0.05) is 12.8 Å². The Morgan fingerprint density at radius 1 is 1.45 bits per heavy atom. The zero-order chi connectivity index (χ0) is 15.3. The molecule has 0 aliphatic carbocycles. The minimum absolute atomic E-state index is 0.197. The Hall–Kier alpha value is -1.60. The molecule has 0 heterocycles. The zero-order valence-corrected chi connectivity index (χ0v) is 12.6. The number of nitrogens with zero attached hydrogens (tertiary/aromatic N) is 1. The third kappa shape index (κ3) is 4.82. The second-order valence-corrected chi connectivity index (χ2v) is 6.61. The van der Waals surface area contributed by atoms with Gasteiger partial charge in [-0.1, -0.05) is 6.07 Å². The topological polar surface area (TPSA) is 83.9 Å². The quantitative estimate of drug-likeness (QED) is 0.804. The van der Waals surface area contributed by atoms with Gasteiger partial charge in [0.05, 0.1) is 4.90 Å². The van der Waals surface area contributed by atoms with Crippen molar-refractivity contribution in [1.29, 1.82) is 0 Å². The maximum absolute atomic E-state index is 11.4. The fraction of sp³-hybridized carbons (Fsp3) is 0.462. The van der Waals surface area contributed by atoms with E-state index in [4.69, 9.17) is 9.84 Å². The van der Waals surface area contributed by atoms with Gasteiger partial charge >= 0.3 is 5.97 Å². The van der Waals surface area contributed by atoms with Gasteiger partial charge in [0.25, 0.3) is 0 Å². The van der Waals surface area contributed by atoms with Crippen LogP contribution in [0.2, 0.25) is 0 Å². The molecule has 6 nitrogen and oxygen atoms in total. The minimum Gasteiger partial charge on any atom is -0.492 e. The molecule has 0 aromatic heterocycles. The lowest BCUT2D eigenvalue weighted by molar-refractivity contribution is -0.142. The molecule has 0 fully saturated rings. The molecule has 0 saturated carbocycles. The van der Waals surface area contributed by atoms with Crippen molar-refractivity contribution < 1.29 is 23.1 Å². The molecule has 1 atom stereocenters. The number of benzene rings is 1. The van der Waals surface area contributed by atoms with Crippen molar-refractivity contribution in [3.05, 3.63) is 24.3 Å². The fourth-order valence-corrected chi connectivity index (χ4v) is 2.14. The molecule has 0 radical (unpaired) electrons. The van der Waals surface area contributed by atoms with E-state index in [1.165, 1.54) is 12.1 Å². The average molecular weight is 301 g/mol. The normalized spacial score (nSPS) is 13.2. The number of carbonyl (C=O) groups is 1. The van der Waals surface area contributed by atoms with E-state index >= 15 is 0 Å². The number of rotatable bonds is 7. The molecule has 1 aromatic rings. The first kappa shape index (κ1) is 16.5. The van der Waals surface area contributed by atoms with Crippen LogP contribution in [-0.4, -0.2) is 56.9 Å². The van der Waals surface area contributed by atoms with Crippen molar-refractivity contribution in [3.63, 3.8) is 0 Å². The Balaban J connectivity index is 2.57. The summed E-state index contributed by atoms with van der Waals surface area (Å²) in [5.74, 6) is -0.448. The van der Waals surface area contributed by atoms with E-state index in [1.54, 1.807) is 31.0 Å². The summed E-state index contributed by atoms with van der Waals surface area (Å²) >= 11 is 0. The van der Waals surface area contributed by atoms with Crippen LogP contribution in [0.1, 0.15) is 6.92 Å². The fourth-order valence-electron chi connectivity index (χ4n) is 1.48. The smallest absolute Gasteiger partial charge is 0.320 e. The maximum Gasteiger partial charge on any atom is 0.320 e. The summed E-state index contributed by atoms with van der Waals surface area (Å²) in [5, 5.41) is 8.85. The number of carboxylic acids is 1. The van der Waals surface area contributed by atoms with Crippen LogP contribution in [0.5, 0.6) is 5.75 Å². The molecule has 0 saturated heterocycles. The maximum atomic E-state index is 11.4. The van der Waals surface area contributed by atoms with Crippen molar-refractivity contribution in [1.82, 2.24) is 4.90 Å². The molecular weight excluding hydrogens is 282 g/mol. The first-order valence-electron chi connectivity index (χ1n) is 6.08. The number of hydrogen-bond acceptors (Lipinski definition) is 5. The summed E-state index contributed by atoms with van der Waals surface area (Å²) in [7, 11) is -1.57. The Kier molecular flexibility index (Phi) is 5.52. The predicted octanol–water partition coefficient (Wildman–Crippen LogP) is 0.874. The van der Waals surface area contributed by atoms with E-state index < -0.39 is 21.8 Å². The van der Waals surface area contributed by atoms with Crippen molar-refractivity contribution >= 4 is 15.8 Å². The molecule has 112 valence electrons. The number of aliphatic carboxylic acids is 1. The van der Waals surface area contributed by atoms with E-state index in [9.17, 15) is 13.2 Å². The van der Waals surface area contributed by atoms with Crippen molar-refractivity contribution in [2.24, 2.45) is 0 Å². The summed E-state index contributed by atoms with van der Waals surface area (Å²) in [6.45, 7) is 2.30. The Labute approximate surface area is 118 Å². The van der Waals surface area contributed by atoms with Crippen LogP contribution in [0, 0.1) is 0 Å². The molecule has 1 N–H and O–H groups in total. The van der Waals surface area contributed by atoms with Gasteiger partial charge in [-0.3, -0.25) is 9.69 Å². The standard InChI is InChI=1S/C13H19NO5S/c1-10(13(15)16)14(2)7-8-19-11-5-4-6-12(9-11)20(3,17)18/h4-6,9-10H,7-8H2,1-3H3,(H,15,16). The Morgan fingerprint density at radius 2 is 2.10 bits per heavy atom. The van der Waals surface area contributed by atoms with Crippen LogP contribution in [0.25, 0.3) is 0 Å². The average Bonchev–Trinajstić information content (AvgIpc) is 2.37. The van der Waals surface area contributed by atoms with E-state index in [-0.39, 0.29) is 11.5 Å². The Bertz CT molecular complexity index is 570. The highest BCUT2D eigenvalue weighted by Crippen LogP contribution is 2.17. The van der Waals surface area contributed by atoms with Gasteiger partial charge in [-0.15, -0.1) is 0 Å². The molecule has 0 spiro atoms. The first-order chi connectivity index (χ1) is 9.21. The zero-order valence-electron chi connectivity index (χ0n) is 11.7. The molecule has 0 aliphatic rings. The lowest BCUT2D eigenvalue weighted by Gasteiger charge is -2.21. The van der Waals surface area contributed by atoms with E-state index in [2.05, 4.69) is 0 Å². The van der Waals surface area contributed by atoms with Gasteiger partial charge in [0.15, 0.2) is 9.84 Å². The van der Waals surface area contributed by atoms with Gasteiger partial charge < -0.3 is 9.84 Å². The van der Waals surface area contributed by atoms with Crippen molar-refractivity contribution in [2.45, 2.75) is 17.9 Å². The molecular formula is C13H19NO5S. The lowest BCUT2D eigenvalue weighted by Crippen LogP contribution is -2.38. The number of hydrogen-bond donors (Lipinski definition) is 1. The van der Waals surface area contributed by atoms with Gasteiger partial charge in [0.2, 0.25) is 0 Å². The van der Waals surface area contributed by atoms with Crippen LogP contribution < -0.4 is 4.74 Å². The Morgan fingerprint density at radius 3 is 2.65 bits per heavy atom. The first-order valence-corrected chi connectivity index (χ1v) is 7.97. The van der Waals surface area contributed by atoms with Crippen LogP contribution in [-0.2, 0) is 14.6 Å². The molecule has 1 unspecified atom stereocenters. The van der Waals surface area contributed by atoms with E-state index in [0.717, 1.165) is 6.26 Å². The molecule has 1 aromatic carbocycles. The van der Waals surface area contributed by atoms with Gasteiger partial charge in [0.1, 0.15) is 18.4 Å². The molecule has 0 bridgehead atoms. The molecule has 20 heavy (non-hydrogen) atoms. The SMILES string of the molecule is CC(C(=O)O)N(C)CCOc1cccc(S(C)(=O)=O)c1. The molecule has 0 aliphatic heterocycles. The number of carboxylic acid groups (broad SMARTS) is 1. The van der Waals surface area contributed by atoms with Crippen LogP contribution in [0.15, 0.2) is 29.2 Å². The second kappa shape index (κ2) is 6.71.